The molecule has 1 aliphatic heterocycles. The van der Waals surface area contributed by atoms with E-state index in [1.54, 1.807) is 0 Å². The summed E-state index contributed by atoms with van der Waals surface area (Å²) in [4.78, 5) is 25.4. The van der Waals surface area contributed by atoms with Crippen molar-refractivity contribution in [2.45, 2.75) is 33.1 Å². The number of amides is 1. The fourth-order valence-corrected chi connectivity index (χ4v) is 3.16. The monoisotopic (exact) mass is 318 g/mol. The van der Waals surface area contributed by atoms with E-state index >= 15 is 0 Å². The number of likely N-dealkylation sites (tertiary alicyclic amines) is 1. The van der Waals surface area contributed by atoms with E-state index in [-0.39, 0.29) is 29.7 Å². The minimum absolute atomic E-state index is 0.0551. The van der Waals surface area contributed by atoms with Crippen LogP contribution < -0.4 is 5.32 Å². The van der Waals surface area contributed by atoms with Gasteiger partial charge >= 0.3 is 5.97 Å². The summed E-state index contributed by atoms with van der Waals surface area (Å²) in [6.07, 6.45) is 0. The molecule has 1 amide bonds. The maximum absolute atomic E-state index is 12.3. The second kappa shape index (κ2) is 6.71. The van der Waals surface area contributed by atoms with Gasteiger partial charge in [-0.1, -0.05) is 45.9 Å². The fraction of sp³-hybridized carbons (Fsp3) is 0.556. The first-order valence-electron chi connectivity index (χ1n) is 8.03. The molecular weight excluding hydrogens is 292 g/mol. The highest BCUT2D eigenvalue weighted by Gasteiger charge is 2.35. The lowest BCUT2D eigenvalue weighted by Gasteiger charge is -2.23. The number of hydrogen-bond donors (Lipinski definition) is 2. The summed E-state index contributed by atoms with van der Waals surface area (Å²) >= 11 is 0. The Bertz CT molecular complexity index is 592. The average molecular weight is 318 g/mol. The van der Waals surface area contributed by atoms with Crippen LogP contribution in [0.2, 0.25) is 0 Å². The summed E-state index contributed by atoms with van der Waals surface area (Å²) < 4.78 is 0. The Hall–Kier alpha value is -1.88. The number of carbonyl (C=O) groups is 2. The van der Waals surface area contributed by atoms with Gasteiger partial charge in [0.1, 0.15) is 0 Å². The number of carboxylic acids is 1. The fourth-order valence-electron chi connectivity index (χ4n) is 3.16. The van der Waals surface area contributed by atoms with Crippen molar-refractivity contribution in [2.24, 2.45) is 11.8 Å². The Balaban J connectivity index is 2.00. The highest BCUT2D eigenvalue weighted by atomic mass is 16.4. The smallest absolute Gasteiger partial charge is 0.308 e. The number of para-hydroxylation sites is 1. The van der Waals surface area contributed by atoms with Crippen LogP contribution in [0.1, 0.15) is 33.3 Å². The van der Waals surface area contributed by atoms with Crippen molar-refractivity contribution in [3.8, 4) is 0 Å². The molecule has 0 unspecified atom stereocenters. The molecule has 1 fully saturated rings. The molecule has 2 rings (SSSR count). The SMILES string of the molecule is C[C@@H]1CN(CC(=O)Nc2ccccc2C(C)(C)C)C[C@H]1C(=O)O. The van der Waals surface area contributed by atoms with Crippen LogP contribution in [0.15, 0.2) is 24.3 Å². The minimum atomic E-state index is -0.779. The lowest BCUT2D eigenvalue weighted by atomic mass is 9.86. The maximum atomic E-state index is 12.3. The van der Waals surface area contributed by atoms with Crippen LogP contribution >= 0.6 is 0 Å². The number of aliphatic carboxylic acids is 1. The molecule has 0 aromatic heterocycles. The number of hydrogen-bond acceptors (Lipinski definition) is 3. The molecular formula is C18H26N2O3. The minimum Gasteiger partial charge on any atom is -0.481 e. The number of carboxylic acid groups (broad SMARTS) is 1. The molecule has 0 bridgehead atoms. The van der Waals surface area contributed by atoms with Gasteiger partial charge in [0, 0.05) is 18.8 Å². The molecule has 2 N–H and O–H groups in total. The van der Waals surface area contributed by atoms with Gasteiger partial charge in [-0.3, -0.25) is 14.5 Å². The molecule has 126 valence electrons. The Morgan fingerprint density at radius 2 is 1.91 bits per heavy atom. The molecule has 0 spiro atoms. The lowest BCUT2D eigenvalue weighted by Crippen LogP contribution is -2.33. The third kappa shape index (κ3) is 4.32. The lowest BCUT2D eigenvalue weighted by molar-refractivity contribution is -0.142. The quantitative estimate of drug-likeness (QED) is 0.895. The summed E-state index contributed by atoms with van der Waals surface area (Å²) in [5, 5.41) is 12.1. The molecule has 1 aliphatic rings. The highest BCUT2D eigenvalue weighted by Crippen LogP contribution is 2.29. The van der Waals surface area contributed by atoms with Crippen LogP contribution in [0.4, 0.5) is 5.69 Å². The standard InChI is InChI=1S/C18H26N2O3/c1-12-9-20(10-13(12)17(22)23)11-16(21)19-15-8-6-5-7-14(15)18(2,3)4/h5-8,12-13H,9-11H2,1-4H3,(H,19,21)(H,22,23)/t12-,13-/m1/s1. The van der Waals surface area contributed by atoms with Gasteiger partial charge in [0.2, 0.25) is 5.91 Å². The van der Waals surface area contributed by atoms with Crippen molar-refractivity contribution in [3.63, 3.8) is 0 Å². The van der Waals surface area contributed by atoms with E-state index in [1.807, 2.05) is 36.1 Å². The summed E-state index contributed by atoms with van der Waals surface area (Å²) in [6, 6.07) is 7.80. The number of rotatable bonds is 4. The number of anilines is 1. The van der Waals surface area contributed by atoms with Crippen molar-refractivity contribution in [1.29, 1.82) is 0 Å². The topological polar surface area (TPSA) is 69.6 Å². The van der Waals surface area contributed by atoms with E-state index in [9.17, 15) is 9.59 Å². The number of nitrogens with zero attached hydrogens (tertiary/aromatic N) is 1. The van der Waals surface area contributed by atoms with Gasteiger partial charge in [-0.15, -0.1) is 0 Å². The van der Waals surface area contributed by atoms with E-state index < -0.39 is 5.97 Å². The van der Waals surface area contributed by atoms with Gasteiger partial charge in [0.05, 0.1) is 12.5 Å². The predicted octanol–water partition coefficient (Wildman–Crippen LogP) is 2.58. The summed E-state index contributed by atoms with van der Waals surface area (Å²) in [7, 11) is 0. The van der Waals surface area contributed by atoms with Gasteiger partial charge in [0.15, 0.2) is 0 Å². The number of carbonyl (C=O) groups excluding carboxylic acids is 1. The first-order chi connectivity index (χ1) is 10.7. The zero-order valence-corrected chi connectivity index (χ0v) is 14.3. The summed E-state index contributed by atoms with van der Waals surface area (Å²) in [5.74, 6) is -1.19. The third-order valence-electron chi connectivity index (χ3n) is 4.38. The first-order valence-corrected chi connectivity index (χ1v) is 8.03. The molecule has 0 radical (unpaired) electrons. The highest BCUT2D eigenvalue weighted by molar-refractivity contribution is 5.93. The van der Waals surface area contributed by atoms with Crippen molar-refractivity contribution < 1.29 is 14.7 Å². The van der Waals surface area contributed by atoms with Crippen LogP contribution in [0.3, 0.4) is 0 Å². The molecule has 0 saturated carbocycles. The second-order valence-electron chi connectivity index (χ2n) is 7.46. The van der Waals surface area contributed by atoms with Crippen LogP contribution in [-0.4, -0.2) is 41.5 Å². The Kier molecular flexibility index (Phi) is 5.09. The van der Waals surface area contributed by atoms with Gasteiger partial charge in [0.25, 0.3) is 0 Å². The van der Waals surface area contributed by atoms with Crippen LogP contribution in [-0.2, 0) is 15.0 Å². The second-order valence-corrected chi connectivity index (χ2v) is 7.46. The van der Waals surface area contributed by atoms with Crippen molar-refractivity contribution in [1.82, 2.24) is 4.90 Å². The maximum Gasteiger partial charge on any atom is 0.308 e. The van der Waals surface area contributed by atoms with E-state index in [0.29, 0.717) is 13.1 Å². The molecule has 1 aromatic rings. The van der Waals surface area contributed by atoms with E-state index in [2.05, 4.69) is 26.1 Å². The molecule has 1 heterocycles. The van der Waals surface area contributed by atoms with Gasteiger partial charge in [-0.25, -0.2) is 0 Å². The summed E-state index contributed by atoms with van der Waals surface area (Å²) in [5.41, 5.74) is 1.86. The Labute approximate surface area is 137 Å². The zero-order chi connectivity index (χ0) is 17.2. The summed E-state index contributed by atoms with van der Waals surface area (Å²) in [6.45, 7) is 9.56. The van der Waals surface area contributed by atoms with Gasteiger partial charge in [-0.05, 0) is 23.0 Å². The zero-order valence-electron chi connectivity index (χ0n) is 14.3. The predicted molar refractivity (Wildman–Crippen MR) is 90.5 cm³/mol. The van der Waals surface area contributed by atoms with Gasteiger partial charge in [-0.2, -0.15) is 0 Å². The molecule has 23 heavy (non-hydrogen) atoms. The molecule has 2 atom stereocenters. The molecule has 5 heteroatoms. The first kappa shape index (κ1) is 17.5. The van der Waals surface area contributed by atoms with Crippen molar-refractivity contribution >= 4 is 17.6 Å². The number of nitrogens with one attached hydrogen (secondary N) is 1. The van der Waals surface area contributed by atoms with E-state index in [0.717, 1.165) is 11.3 Å². The molecule has 1 saturated heterocycles. The van der Waals surface area contributed by atoms with E-state index in [1.165, 1.54) is 0 Å². The van der Waals surface area contributed by atoms with E-state index in [4.69, 9.17) is 5.11 Å². The van der Waals surface area contributed by atoms with Crippen LogP contribution in [0.5, 0.6) is 0 Å². The van der Waals surface area contributed by atoms with Crippen LogP contribution in [0, 0.1) is 11.8 Å². The Morgan fingerprint density at radius 3 is 2.48 bits per heavy atom. The third-order valence-corrected chi connectivity index (χ3v) is 4.38. The van der Waals surface area contributed by atoms with Crippen molar-refractivity contribution in [2.75, 3.05) is 25.0 Å². The van der Waals surface area contributed by atoms with Crippen LogP contribution in [0.25, 0.3) is 0 Å². The van der Waals surface area contributed by atoms with Gasteiger partial charge < -0.3 is 10.4 Å². The molecule has 5 nitrogen and oxygen atoms in total. The normalized spacial score (nSPS) is 22.1. The molecule has 1 aromatic carbocycles. The average Bonchev–Trinajstić information content (AvgIpc) is 2.78. The largest absolute Gasteiger partial charge is 0.481 e. The van der Waals surface area contributed by atoms with Crippen molar-refractivity contribution in [3.05, 3.63) is 29.8 Å². The molecule has 0 aliphatic carbocycles. The number of benzene rings is 1. The Morgan fingerprint density at radius 1 is 1.26 bits per heavy atom.